The Morgan fingerprint density at radius 3 is 2.32 bits per heavy atom. The number of phenolic OH excluding ortho intramolecular Hbond substituents is 1. The number of nitrogens with one attached hydrogen (secondary N) is 3. The minimum absolute atomic E-state index is 0.0918. The summed E-state index contributed by atoms with van der Waals surface area (Å²) in [6.45, 7) is 4.75. The number of alkyl carbamates (subject to hydrolysis) is 1. The van der Waals surface area contributed by atoms with Crippen LogP contribution in [0.5, 0.6) is 5.75 Å². The van der Waals surface area contributed by atoms with Gasteiger partial charge in [-0.3, -0.25) is 15.0 Å². The third-order valence-corrected chi connectivity index (χ3v) is 2.96. The zero-order chi connectivity index (χ0) is 19.0. The Hall–Kier alpha value is -2.81. The van der Waals surface area contributed by atoms with Crippen LogP contribution in [0.25, 0.3) is 0 Å². The standard InChI is InChI=1S/C16H24N4O5/c1-16(2,3)25-15(24)18-9-13(22)19-12(14(23)20-17)8-10-4-6-11(21)7-5-10/h4-7,12,21H,8-9,17H2,1-3H3,(H,18,24)(H,19,22)(H,20,23)/t12-/m0/s1. The Bertz CT molecular complexity index is 610. The highest BCUT2D eigenvalue weighted by molar-refractivity contribution is 5.89. The highest BCUT2D eigenvalue weighted by Gasteiger charge is 2.22. The van der Waals surface area contributed by atoms with Crippen molar-refractivity contribution in [3.8, 4) is 5.75 Å². The molecule has 1 atom stereocenters. The average Bonchev–Trinajstić information content (AvgIpc) is 2.52. The molecular formula is C16H24N4O5. The number of ether oxygens (including phenoxy) is 1. The highest BCUT2D eigenvalue weighted by Crippen LogP contribution is 2.11. The lowest BCUT2D eigenvalue weighted by Gasteiger charge is -2.20. The number of aromatic hydroxyl groups is 1. The average molecular weight is 352 g/mol. The third kappa shape index (κ3) is 8.02. The minimum atomic E-state index is -0.928. The lowest BCUT2D eigenvalue weighted by Crippen LogP contribution is -2.52. The largest absolute Gasteiger partial charge is 0.508 e. The van der Waals surface area contributed by atoms with Gasteiger partial charge in [-0.2, -0.15) is 0 Å². The van der Waals surface area contributed by atoms with E-state index < -0.39 is 29.6 Å². The summed E-state index contributed by atoms with van der Waals surface area (Å²) in [6.07, 6.45) is -0.567. The maximum atomic E-state index is 11.9. The van der Waals surface area contributed by atoms with Gasteiger partial charge in [-0.1, -0.05) is 12.1 Å². The molecule has 0 saturated carbocycles. The Labute approximate surface area is 145 Å². The van der Waals surface area contributed by atoms with Crippen molar-refractivity contribution in [2.45, 2.75) is 38.8 Å². The number of rotatable bonds is 6. The van der Waals surface area contributed by atoms with Crippen molar-refractivity contribution in [2.24, 2.45) is 5.84 Å². The molecule has 6 N–H and O–H groups in total. The van der Waals surface area contributed by atoms with Gasteiger partial charge in [0.25, 0.3) is 5.91 Å². The third-order valence-electron chi connectivity index (χ3n) is 2.96. The molecule has 0 unspecified atom stereocenters. The van der Waals surface area contributed by atoms with Crippen LogP contribution in [0.2, 0.25) is 0 Å². The molecule has 0 aliphatic carbocycles. The first kappa shape index (κ1) is 20.2. The van der Waals surface area contributed by atoms with Gasteiger partial charge in [0.1, 0.15) is 23.9 Å². The van der Waals surface area contributed by atoms with E-state index in [1.165, 1.54) is 12.1 Å². The molecule has 1 aromatic carbocycles. The van der Waals surface area contributed by atoms with Gasteiger partial charge in [-0.25, -0.2) is 10.6 Å². The summed E-state index contributed by atoms with van der Waals surface area (Å²) < 4.78 is 5.02. The molecule has 0 saturated heterocycles. The predicted molar refractivity (Wildman–Crippen MR) is 90.3 cm³/mol. The molecule has 138 valence electrons. The molecule has 25 heavy (non-hydrogen) atoms. The van der Waals surface area contributed by atoms with E-state index in [0.29, 0.717) is 5.56 Å². The van der Waals surface area contributed by atoms with Gasteiger partial charge in [0.2, 0.25) is 5.91 Å². The van der Waals surface area contributed by atoms with Gasteiger partial charge in [-0.05, 0) is 38.5 Å². The summed E-state index contributed by atoms with van der Waals surface area (Å²) in [7, 11) is 0. The molecule has 0 spiro atoms. The molecule has 0 heterocycles. The lowest BCUT2D eigenvalue weighted by molar-refractivity contribution is -0.128. The smallest absolute Gasteiger partial charge is 0.408 e. The highest BCUT2D eigenvalue weighted by atomic mass is 16.6. The molecule has 0 bridgehead atoms. The second-order valence-electron chi connectivity index (χ2n) is 6.35. The van der Waals surface area contributed by atoms with Crippen LogP contribution in [0.15, 0.2) is 24.3 Å². The molecule has 0 aliphatic rings. The maximum absolute atomic E-state index is 11.9. The Morgan fingerprint density at radius 1 is 1.20 bits per heavy atom. The van der Waals surface area contributed by atoms with Crippen LogP contribution in [0, 0.1) is 0 Å². The van der Waals surface area contributed by atoms with Crippen LogP contribution in [-0.4, -0.2) is 41.2 Å². The summed E-state index contributed by atoms with van der Waals surface area (Å²) in [6, 6.07) is 5.26. The number of nitrogens with two attached hydrogens (primary N) is 1. The Balaban J connectivity index is 2.59. The van der Waals surface area contributed by atoms with Crippen LogP contribution in [0.3, 0.4) is 0 Å². The van der Waals surface area contributed by atoms with E-state index in [4.69, 9.17) is 10.6 Å². The van der Waals surface area contributed by atoms with Gasteiger partial charge < -0.3 is 20.5 Å². The van der Waals surface area contributed by atoms with Crippen LogP contribution in [0.1, 0.15) is 26.3 Å². The molecule has 1 aromatic rings. The van der Waals surface area contributed by atoms with E-state index in [2.05, 4.69) is 10.6 Å². The Kier molecular flexibility index (Phi) is 7.19. The quantitative estimate of drug-likeness (QED) is 0.276. The van der Waals surface area contributed by atoms with Gasteiger partial charge >= 0.3 is 6.09 Å². The molecule has 0 fully saturated rings. The first-order chi connectivity index (χ1) is 11.6. The van der Waals surface area contributed by atoms with Crippen LogP contribution in [0.4, 0.5) is 4.79 Å². The van der Waals surface area contributed by atoms with Crippen LogP contribution >= 0.6 is 0 Å². The number of hydrogen-bond donors (Lipinski definition) is 5. The van der Waals surface area contributed by atoms with Crippen LogP contribution < -0.4 is 21.9 Å². The van der Waals surface area contributed by atoms with E-state index in [-0.39, 0.29) is 18.7 Å². The van der Waals surface area contributed by atoms with E-state index in [1.54, 1.807) is 32.9 Å². The van der Waals surface area contributed by atoms with Gasteiger partial charge in [0.15, 0.2) is 0 Å². The number of carbonyl (C=O) groups is 3. The molecule has 9 heteroatoms. The molecule has 0 aliphatic heterocycles. The van der Waals surface area contributed by atoms with Gasteiger partial charge in [0.05, 0.1) is 0 Å². The normalized spacial score (nSPS) is 12.0. The lowest BCUT2D eigenvalue weighted by atomic mass is 10.1. The van der Waals surface area contributed by atoms with E-state index in [9.17, 15) is 19.5 Å². The van der Waals surface area contributed by atoms with Gasteiger partial charge in [0, 0.05) is 6.42 Å². The number of amides is 3. The van der Waals surface area contributed by atoms with E-state index in [1.807, 2.05) is 5.43 Å². The monoisotopic (exact) mass is 352 g/mol. The topological polar surface area (TPSA) is 143 Å². The number of benzene rings is 1. The SMILES string of the molecule is CC(C)(C)OC(=O)NCC(=O)N[C@@H](Cc1ccc(O)cc1)C(=O)NN. The number of phenols is 1. The Morgan fingerprint density at radius 2 is 1.80 bits per heavy atom. The minimum Gasteiger partial charge on any atom is -0.508 e. The van der Waals surface area contributed by atoms with E-state index in [0.717, 1.165) is 0 Å². The molecule has 0 radical (unpaired) electrons. The van der Waals surface area contributed by atoms with Crippen molar-refractivity contribution >= 4 is 17.9 Å². The van der Waals surface area contributed by atoms with Crippen LogP contribution in [-0.2, 0) is 20.7 Å². The van der Waals surface area contributed by atoms with Crippen molar-refractivity contribution in [3.63, 3.8) is 0 Å². The van der Waals surface area contributed by atoms with E-state index >= 15 is 0 Å². The first-order valence-electron chi connectivity index (χ1n) is 7.65. The number of carbonyl (C=O) groups excluding carboxylic acids is 3. The van der Waals surface area contributed by atoms with Crippen molar-refractivity contribution in [2.75, 3.05) is 6.54 Å². The predicted octanol–water partition coefficient (Wildman–Crippen LogP) is -0.0659. The zero-order valence-electron chi connectivity index (χ0n) is 14.5. The second kappa shape index (κ2) is 8.88. The van der Waals surface area contributed by atoms with Crippen molar-refractivity contribution in [1.82, 2.24) is 16.1 Å². The second-order valence-corrected chi connectivity index (χ2v) is 6.35. The molecule has 0 aromatic heterocycles. The zero-order valence-corrected chi connectivity index (χ0v) is 14.5. The summed E-state index contributed by atoms with van der Waals surface area (Å²) >= 11 is 0. The fourth-order valence-corrected chi connectivity index (χ4v) is 1.89. The first-order valence-corrected chi connectivity index (χ1v) is 7.65. The number of hydrogen-bond acceptors (Lipinski definition) is 6. The van der Waals surface area contributed by atoms with Crippen molar-refractivity contribution < 1.29 is 24.2 Å². The van der Waals surface area contributed by atoms with Crippen molar-refractivity contribution in [1.29, 1.82) is 0 Å². The number of hydrazine groups is 1. The molecular weight excluding hydrogens is 328 g/mol. The summed E-state index contributed by atoms with van der Waals surface area (Å²) in [5.41, 5.74) is 2.02. The molecule has 1 rings (SSSR count). The summed E-state index contributed by atoms with van der Waals surface area (Å²) in [5.74, 6) is 4.07. The molecule has 3 amide bonds. The fourth-order valence-electron chi connectivity index (χ4n) is 1.89. The maximum Gasteiger partial charge on any atom is 0.408 e. The fraction of sp³-hybridized carbons (Fsp3) is 0.438. The van der Waals surface area contributed by atoms with Crippen molar-refractivity contribution in [3.05, 3.63) is 29.8 Å². The molecule has 9 nitrogen and oxygen atoms in total. The summed E-state index contributed by atoms with van der Waals surface area (Å²) in [4.78, 5) is 35.3. The van der Waals surface area contributed by atoms with Gasteiger partial charge in [-0.15, -0.1) is 0 Å². The summed E-state index contributed by atoms with van der Waals surface area (Å²) in [5, 5.41) is 14.1.